The Labute approximate surface area is 97.3 Å². The molecule has 0 aliphatic rings. The van der Waals surface area contributed by atoms with E-state index in [1.54, 1.807) is 25.1 Å². The molecule has 0 aliphatic heterocycles. The maximum Gasteiger partial charge on any atom is 0.375 e. The monoisotopic (exact) mass is 233 g/mol. The van der Waals surface area contributed by atoms with Crippen LogP contribution in [-0.2, 0) is 4.74 Å². The molecule has 0 bridgehead atoms. The summed E-state index contributed by atoms with van der Waals surface area (Å²) < 4.78 is 4.77. The predicted molar refractivity (Wildman–Crippen MR) is 59.4 cm³/mol. The first-order chi connectivity index (χ1) is 8.22. The maximum atomic E-state index is 11.4. The summed E-state index contributed by atoms with van der Waals surface area (Å²) in [5.74, 6) is -0.236. The second kappa shape index (κ2) is 4.65. The van der Waals surface area contributed by atoms with Crippen LogP contribution in [0.25, 0.3) is 11.4 Å². The number of nitrogens with zero attached hydrogens (tertiary/aromatic N) is 2. The second-order valence-corrected chi connectivity index (χ2v) is 3.25. The molecule has 1 aromatic heterocycles. The molecule has 0 aliphatic carbocycles. The summed E-state index contributed by atoms with van der Waals surface area (Å²) in [5, 5.41) is 15.9. The van der Waals surface area contributed by atoms with E-state index >= 15 is 0 Å². The number of phenolic OH excluding ortho intramolecular Hbond substituents is 1. The zero-order chi connectivity index (χ0) is 12.3. The average molecular weight is 233 g/mol. The minimum atomic E-state index is -0.568. The van der Waals surface area contributed by atoms with Gasteiger partial charge in [-0.3, -0.25) is 5.10 Å². The van der Waals surface area contributed by atoms with E-state index in [9.17, 15) is 9.90 Å². The van der Waals surface area contributed by atoms with Gasteiger partial charge in [0.05, 0.1) is 12.2 Å². The quantitative estimate of drug-likeness (QED) is 0.781. The number of esters is 1. The third kappa shape index (κ3) is 2.25. The molecule has 2 aromatic rings. The predicted octanol–water partition coefficient (Wildman–Crippen LogP) is 1.35. The van der Waals surface area contributed by atoms with Crippen LogP contribution in [0.1, 0.15) is 17.5 Å². The molecule has 17 heavy (non-hydrogen) atoms. The Balaban J connectivity index is 2.30. The Bertz CT molecular complexity index is 536. The SMILES string of the molecule is CCOC(=O)c1nc(-c2ccccc2O)n[nH]1. The van der Waals surface area contributed by atoms with Crippen molar-refractivity contribution in [3.8, 4) is 17.1 Å². The number of para-hydroxylation sites is 1. The van der Waals surface area contributed by atoms with Crippen LogP contribution in [0.2, 0.25) is 0 Å². The summed E-state index contributed by atoms with van der Waals surface area (Å²) in [7, 11) is 0. The summed E-state index contributed by atoms with van der Waals surface area (Å²) in [4.78, 5) is 15.3. The van der Waals surface area contributed by atoms with E-state index in [1.165, 1.54) is 6.07 Å². The highest BCUT2D eigenvalue weighted by Crippen LogP contribution is 2.25. The zero-order valence-electron chi connectivity index (χ0n) is 9.17. The van der Waals surface area contributed by atoms with Crippen molar-refractivity contribution in [2.75, 3.05) is 6.61 Å². The normalized spacial score (nSPS) is 10.2. The first kappa shape index (κ1) is 11.1. The fourth-order valence-electron chi connectivity index (χ4n) is 1.34. The molecule has 0 atom stereocenters. The number of hydrogen-bond acceptors (Lipinski definition) is 5. The van der Waals surface area contributed by atoms with Crippen molar-refractivity contribution in [3.63, 3.8) is 0 Å². The van der Waals surface area contributed by atoms with Crippen molar-refractivity contribution in [2.24, 2.45) is 0 Å². The van der Waals surface area contributed by atoms with Gasteiger partial charge in [-0.2, -0.15) is 5.10 Å². The van der Waals surface area contributed by atoms with Crippen molar-refractivity contribution in [3.05, 3.63) is 30.1 Å². The first-order valence-corrected chi connectivity index (χ1v) is 5.10. The van der Waals surface area contributed by atoms with E-state index in [-0.39, 0.29) is 24.0 Å². The van der Waals surface area contributed by atoms with Gasteiger partial charge in [-0.25, -0.2) is 9.78 Å². The molecule has 1 aromatic carbocycles. The molecule has 88 valence electrons. The van der Waals surface area contributed by atoms with Crippen LogP contribution in [0.15, 0.2) is 24.3 Å². The minimum Gasteiger partial charge on any atom is -0.507 e. The van der Waals surface area contributed by atoms with E-state index < -0.39 is 5.97 Å². The highest BCUT2D eigenvalue weighted by Gasteiger charge is 2.15. The van der Waals surface area contributed by atoms with Gasteiger partial charge in [-0.15, -0.1) is 0 Å². The molecular formula is C11H11N3O3. The first-order valence-electron chi connectivity index (χ1n) is 5.10. The number of nitrogens with one attached hydrogen (secondary N) is 1. The summed E-state index contributed by atoms with van der Waals surface area (Å²) in [5.41, 5.74) is 0.458. The van der Waals surface area contributed by atoms with Crippen molar-refractivity contribution in [1.29, 1.82) is 0 Å². The maximum absolute atomic E-state index is 11.4. The van der Waals surface area contributed by atoms with E-state index in [0.29, 0.717) is 5.56 Å². The lowest BCUT2D eigenvalue weighted by atomic mass is 10.2. The van der Waals surface area contributed by atoms with Crippen LogP contribution in [0, 0.1) is 0 Å². The van der Waals surface area contributed by atoms with Gasteiger partial charge in [0.15, 0.2) is 5.82 Å². The van der Waals surface area contributed by atoms with Crippen molar-refractivity contribution in [1.82, 2.24) is 15.2 Å². The molecule has 0 radical (unpaired) electrons. The Kier molecular flexibility index (Phi) is 3.04. The van der Waals surface area contributed by atoms with Crippen LogP contribution in [0.4, 0.5) is 0 Å². The highest BCUT2D eigenvalue weighted by atomic mass is 16.5. The number of aromatic nitrogens is 3. The zero-order valence-corrected chi connectivity index (χ0v) is 9.17. The molecule has 0 spiro atoms. The standard InChI is InChI=1S/C11H11N3O3/c1-2-17-11(16)10-12-9(13-14-10)7-5-3-4-6-8(7)15/h3-6,15H,2H2,1H3,(H,12,13,14). The lowest BCUT2D eigenvalue weighted by Gasteiger charge is -1.97. The Morgan fingerprint density at radius 2 is 2.24 bits per heavy atom. The summed E-state index contributed by atoms with van der Waals surface area (Å²) in [6, 6.07) is 6.62. The van der Waals surface area contributed by atoms with E-state index in [4.69, 9.17) is 4.74 Å². The number of carbonyl (C=O) groups excluding carboxylic acids is 1. The number of H-pyrrole nitrogens is 1. The number of benzene rings is 1. The highest BCUT2D eigenvalue weighted by molar-refractivity contribution is 5.85. The number of carbonyl (C=O) groups is 1. The molecular weight excluding hydrogens is 222 g/mol. The fourth-order valence-corrected chi connectivity index (χ4v) is 1.34. The van der Waals surface area contributed by atoms with Crippen LogP contribution in [0.5, 0.6) is 5.75 Å². The second-order valence-electron chi connectivity index (χ2n) is 3.25. The number of aromatic hydroxyl groups is 1. The molecule has 0 unspecified atom stereocenters. The van der Waals surface area contributed by atoms with Gasteiger partial charge >= 0.3 is 5.97 Å². The largest absolute Gasteiger partial charge is 0.507 e. The third-order valence-electron chi connectivity index (χ3n) is 2.10. The van der Waals surface area contributed by atoms with Gasteiger partial charge in [0.2, 0.25) is 5.82 Å². The molecule has 0 saturated heterocycles. The van der Waals surface area contributed by atoms with Crippen LogP contribution in [-0.4, -0.2) is 32.9 Å². The fraction of sp³-hybridized carbons (Fsp3) is 0.182. The number of hydrogen-bond donors (Lipinski definition) is 2. The van der Waals surface area contributed by atoms with E-state index in [1.807, 2.05) is 0 Å². The number of aromatic amines is 1. The van der Waals surface area contributed by atoms with Crippen LogP contribution >= 0.6 is 0 Å². The number of phenols is 1. The molecule has 1 heterocycles. The van der Waals surface area contributed by atoms with E-state index in [0.717, 1.165) is 0 Å². The van der Waals surface area contributed by atoms with Gasteiger partial charge in [0, 0.05) is 0 Å². The molecule has 6 heteroatoms. The molecule has 2 N–H and O–H groups in total. The smallest absolute Gasteiger partial charge is 0.375 e. The summed E-state index contributed by atoms with van der Waals surface area (Å²) in [6.07, 6.45) is 0. The average Bonchev–Trinajstić information content (AvgIpc) is 2.79. The molecule has 6 nitrogen and oxygen atoms in total. The molecule has 2 rings (SSSR count). The molecule has 0 fully saturated rings. The van der Waals surface area contributed by atoms with Gasteiger partial charge in [-0.1, -0.05) is 12.1 Å². The lowest BCUT2D eigenvalue weighted by Crippen LogP contribution is -2.06. The van der Waals surface area contributed by atoms with Crippen molar-refractivity contribution in [2.45, 2.75) is 6.92 Å². The number of rotatable bonds is 3. The molecule has 0 saturated carbocycles. The van der Waals surface area contributed by atoms with Crippen molar-refractivity contribution >= 4 is 5.97 Å². The Morgan fingerprint density at radius 1 is 1.47 bits per heavy atom. The van der Waals surface area contributed by atoms with Gasteiger partial charge < -0.3 is 9.84 Å². The van der Waals surface area contributed by atoms with Gasteiger partial charge in [0.25, 0.3) is 0 Å². The summed E-state index contributed by atoms with van der Waals surface area (Å²) in [6.45, 7) is 1.98. The molecule has 0 amide bonds. The lowest BCUT2D eigenvalue weighted by molar-refractivity contribution is 0.0512. The third-order valence-corrected chi connectivity index (χ3v) is 2.10. The minimum absolute atomic E-state index is 0.0186. The van der Waals surface area contributed by atoms with Crippen LogP contribution in [0.3, 0.4) is 0 Å². The Morgan fingerprint density at radius 3 is 2.94 bits per heavy atom. The summed E-state index contributed by atoms with van der Waals surface area (Å²) >= 11 is 0. The topological polar surface area (TPSA) is 88.1 Å². The number of ether oxygens (including phenoxy) is 1. The van der Waals surface area contributed by atoms with Gasteiger partial charge in [-0.05, 0) is 19.1 Å². The van der Waals surface area contributed by atoms with Gasteiger partial charge in [0.1, 0.15) is 5.75 Å². The van der Waals surface area contributed by atoms with Crippen molar-refractivity contribution < 1.29 is 14.6 Å². The van der Waals surface area contributed by atoms with E-state index in [2.05, 4.69) is 15.2 Å². The Hall–Kier alpha value is -2.37. The van der Waals surface area contributed by atoms with Crippen LogP contribution < -0.4 is 0 Å².